The number of para-hydroxylation sites is 1. The Hall–Kier alpha value is -1.60. The molecule has 0 aliphatic carbocycles. The fourth-order valence-electron chi connectivity index (χ4n) is 3.12. The van der Waals surface area contributed by atoms with E-state index in [0.717, 1.165) is 38.0 Å². The molecular formula is C20H33N3O3S. The lowest BCUT2D eigenvalue weighted by molar-refractivity contribution is 0.0952. The summed E-state index contributed by atoms with van der Waals surface area (Å²) >= 11 is 0. The van der Waals surface area contributed by atoms with E-state index in [4.69, 9.17) is 0 Å². The first-order valence-corrected chi connectivity index (χ1v) is 11.4. The Balaban J connectivity index is 1.99. The smallest absolute Gasteiger partial charge is 0.253 e. The second-order valence-electron chi connectivity index (χ2n) is 7.93. The van der Waals surface area contributed by atoms with Crippen molar-refractivity contribution in [2.45, 2.75) is 58.2 Å². The van der Waals surface area contributed by atoms with Crippen LogP contribution in [0.3, 0.4) is 0 Å². The van der Waals surface area contributed by atoms with E-state index >= 15 is 0 Å². The van der Waals surface area contributed by atoms with Crippen molar-refractivity contribution in [3.63, 3.8) is 0 Å². The molecule has 0 atom stereocenters. The Bertz CT molecular complexity index is 724. The van der Waals surface area contributed by atoms with Gasteiger partial charge >= 0.3 is 0 Å². The molecule has 1 aromatic rings. The van der Waals surface area contributed by atoms with E-state index in [1.165, 1.54) is 0 Å². The van der Waals surface area contributed by atoms with Crippen LogP contribution in [0.15, 0.2) is 24.3 Å². The number of hydrogen-bond donors (Lipinski definition) is 2. The quantitative estimate of drug-likeness (QED) is 0.709. The minimum atomic E-state index is -3.25. The SMILES string of the molecule is CC(C)CCNC(=O)c1ccccc1N1CCC(NS(=O)(=O)C(C)C)CC1. The lowest BCUT2D eigenvalue weighted by Crippen LogP contribution is -2.46. The normalized spacial score (nSPS) is 16.1. The van der Waals surface area contributed by atoms with E-state index in [2.05, 4.69) is 28.8 Å². The summed E-state index contributed by atoms with van der Waals surface area (Å²) in [5.41, 5.74) is 1.60. The molecule has 0 saturated carbocycles. The topological polar surface area (TPSA) is 78.5 Å². The Kier molecular flexibility index (Phi) is 7.68. The number of hydrogen-bond acceptors (Lipinski definition) is 4. The number of nitrogens with one attached hydrogen (secondary N) is 2. The second-order valence-corrected chi connectivity index (χ2v) is 10.2. The summed E-state index contributed by atoms with van der Waals surface area (Å²) in [6.07, 6.45) is 2.42. The van der Waals surface area contributed by atoms with Crippen LogP contribution in [0.4, 0.5) is 5.69 Å². The van der Waals surface area contributed by atoms with E-state index in [1.54, 1.807) is 13.8 Å². The van der Waals surface area contributed by atoms with Gasteiger partial charge in [0.15, 0.2) is 0 Å². The minimum absolute atomic E-state index is 0.0410. The molecule has 1 aliphatic rings. The van der Waals surface area contributed by atoms with Gasteiger partial charge in [-0.05, 0) is 51.2 Å². The second kappa shape index (κ2) is 9.55. The molecule has 152 valence electrons. The summed E-state index contributed by atoms with van der Waals surface area (Å²) in [7, 11) is -3.25. The number of carbonyl (C=O) groups is 1. The predicted molar refractivity (Wildman–Crippen MR) is 111 cm³/mol. The highest BCUT2D eigenvalue weighted by molar-refractivity contribution is 7.90. The summed E-state index contributed by atoms with van der Waals surface area (Å²) in [4.78, 5) is 14.8. The van der Waals surface area contributed by atoms with Gasteiger partial charge in [-0.2, -0.15) is 0 Å². The van der Waals surface area contributed by atoms with Crippen molar-refractivity contribution in [2.24, 2.45) is 5.92 Å². The largest absolute Gasteiger partial charge is 0.371 e. The molecule has 27 heavy (non-hydrogen) atoms. The predicted octanol–water partition coefficient (Wildman–Crippen LogP) is 2.76. The lowest BCUT2D eigenvalue weighted by Gasteiger charge is -2.35. The summed E-state index contributed by atoms with van der Waals surface area (Å²) in [5.74, 6) is 0.503. The van der Waals surface area contributed by atoms with Gasteiger partial charge in [0.05, 0.1) is 10.8 Å². The van der Waals surface area contributed by atoms with Crippen LogP contribution < -0.4 is 14.9 Å². The fraction of sp³-hybridized carbons (Fsp3) is 0.650. The average Bonchev–Trinajstić information content (AvgIpc) is 2.61. The van der Waals surface area contributed by atoms with Gasteiger partial charge in [-0.1, -0.05) is 26.0 Å². The molecule has 1 fully saturated rings. The third-order valence-corrected chi connectivity index (χ3v) is 6.85. The maximum absolute atomic E-state index is 12.6. The number of benzene rings is 1. The highest BCUT2D eigenvalue weighted by Gasteiger charge is 2.26. The van der Waals surface area contributed by atoms with Gasteiger partial charge in [0.2, 0.25) is 10.0 Å². The van der Waals surface area contributed by atoms with Crippen molar-refractivity contribution in [3.8, 4) is 0 Å². The molecule has 2 N–H and O–H groups in total. The number of carbonyl (C=O) groups excluding carboxylic acids is 1. The molecule has 7 heteroatoms. The number of nitrogens with zero attached hydrogens (tertiary/aromatic N) is 1. The molecule has 2 rings (SSSR count). The minimum Gasteiger partial charge on any atom is -0.371 e. The lowest BCUT2D eigenvalue weighted by atomic mass is 10.0. The molecule has 0 radical (unpaired) electrons. The molecule has 0 unspecified atom stereocenters. The third kappa shape index (κ3) is 6.21. The Morgan fingerprint density at radius 2 is 1.78 bits per heavy atom. The van der Waals surface area contributed by atoms with Gasteiger partial charge in [0.1, 0.15) is 0 Å². The summed E-state index contributed by atoms with van der Waals surface area (Å²) in [5, 5.41) is 2.58. The Labute approximate surface area is 163 Å². The highest BCUT2D eigenvalue weighted by atomic mass is 32.2. The summed E-state index contributed by atoms with van der Waals surface area (Å²) in [6.45, 7) is 9.76. The van der Waals surface area contributed by atoms with Crippen molar-refractivity contribution < 1.29 is 13.2 Å². The molecule has 1 saturated heterocycles. The molecular weight excluding hydrogens is 362 g/mol. The molecule has 0 bridgehead atoms. The number of sulfonamides is 1. The van der Waals surface area contributed by atoms with Crippen LogP contribution in [-0.2, 0) is 10.0 Å². The highest BCUT2D eigenvalue weighted by Crippen LogP contribution is 2.24. The van der Waals surface area contributed by atoms with Crippen LogP contribution >= 0.6 is 0 Å². The number of amides is 1. The molecule has 1 aromatic carbocycles. The average molecular weight is 396 g/mol. The zero-order valence-corrected chi connectivity index (χ0v) is 17.7. The number of anilines is 1. The van der Waals surface area contributed by atoms with Gasteiger partial charge in [0, 0.05) is 31.4 Å². The van der Waals surface area contributed by atoms with Gasteiger partial charge in [0.25, 0.3) is 5.91 Å². The van der Waals surface area contributed by atoms with Gasteiger partial charge in [-0.25, -0.2) is 13.1 Å². The zero-order chi connectivity index (χ0) is 20.0. The number of rotatable bonds is 8. The first-order valence-electron chi connectivity index (χ1n) is 9.84. The van der Waals surface area contributed by atoms with Crippen molar-refractivity contribution in [1.82, 2.24) is 10.0 Å². The number of piperidine rings is 1. The van der Waals surface area contributed by atoms with E-state index in [1.807, 2.05) is 24.3 Å². The Morgan fingerprint density at radius 3 is 2.37 bits per heavy atom. The Morgan fingerprint density at radius 1 is 1.15 bits per heavy atom. The van der Waals surface area contributed by atoms with Crippen molar-refractivity contribution in [2.75, 3.05) is 24.5 Å². The standard InChI is InChI=1S/C20H33N3O3S/c1-15(2)9-12-21-20(24)18-7-5-6-8-19(18)23-13-10-17(11-14-23)22-27(25,26)16(3)4/h5-8,15-17,22H,9-14H2,1-4H3,(H,21,24). The van der Waals surface area contributed by atoms with Gasteiger partial charge in [-0.3, -0.25) is 4.79 Å². The maximum Gasteiger partial charge on any atom is 0.253 e. The van der Waals surface area contributed by atoms with Crippen LogP contribution in [0.2, 0.25) is 0 Å². The zero-order valence-electron chi connectivity index (χ0n) is 16.9. The monoisotopic (exact) mass is 395 g/mol. The molecule has 0 spiro atoms. The molecule has 1 heterocycles. The van der Waals surface area contributed by atoms with Crippen LogP contribution in [-0.4, -0.2) is 45.3 Å². The van der Waals surface area contributed by atoms with E-state index in [-0.39, 0.29) is 11.9 Å². The summed E-state index contributed by atoms with van der Waals surface area (Å²) in [6, 6.07) is 7.60. The fourth-order valence-corrected chi connectivity index (χ4v) is 4.09. The van der Waals surface area contributed by atoms with Crippen molar-refractivity contribution in [3.05, 3.63) is 29.8 Å². The van der Waals surface area contributed by atoms with Gasteiger partial charge in [-0.15, -0.1) is 0 Å². The molecule has 0 aromatic heterocycles. The molecule has 1 aliphatic heterocycles. The van der Waals surface area contributed by atoms with Crippen LogP contribution in [0.25, 0.3) is 0 Å². The van der Waals surface area contributed by atoms with Crippen molar-refractivity contribution >= 4 is 21.6 Å². The van der Waals surface area contributed by atoms with Crippen LogP contribution in [0.1, 0.15) is 57.3 Å². The third-order valence-electron chi connectivity index (χ3n) is 4.94. The summed E-state index contributed by atoms with van der Waals surface area (Å²) < 4.78 is 26.9. The van der Waals surface area contributed by atoms with Crippen LogP contribution in [0, 0.1) is 5.92 Å². The van der Waals surface area contributed by atoms with E-state index < -0.39 is 15.3 Å². The van der Waals surface area contributed by atoms with Crippen molar-refractivity contribution in [1.29, 1.82) is 0 Å². The van der Waals surface area contributed by atoms with E-state index in [9.17, 15) is 13.2 Å². The molecule has 1 amide bonds. The maximum atomic E-state index is 12.6. The first-order chi connectivity index (χ1) is 12.7. The molecule has 6 nitrogen and oxygen atoms in total. The van der Waals surface area contributed by atoms with Crippen LogP contribution in [0.5, 0.6) is 0 Å². The first kappa shape index (κ1) is 21.7. The van der Waals surface area contributed by atoms with Gasteiger partial charge < -0.3 is 10.2 Å². The van der Waals surface area contributed by atoms with E-state index in [0.29, 0.717) is 18.0 Å².